The number of hydrogen-bond donors (Lipinski definition) is 1. The molecular weight excluding hydrogens is 539 g/mol. The smallest absolute Gasteiger partial charge is 0.338 e. The summed E-state index contributed by atoms with van der Waals surface area (Å²) in [5.41, 5.74) is 2.16. The third-order valence-electron chi connectivity index (χ3n) is 8.16. The largest absolute Gasteiger partial charge is 0.452 e. The van der Waals surface area contributed by atoms with Crippen molar-refractivity contribution in [1.29, 1.82) is 0 Å². The molecule has 5 atom stereocenters. The highest BCUT2D eigenvalue weighted by Crippen LogP contribution is 2.61. The molecule has 3 aliphatic rings. The highest BCUT2D eigenvalue weighted by atomic mass is 35.5. The molecule has 1 saturated heterocycles. The van der Waals surface area contributed by atoms with Crippen LogP contribution in [-0.2, 0) is 19.1 Å². The van der Waals surface area contributed by atoms with Gasteiger partial charge in [-0.1, -0.05) is 59.6 Å². The first-order valence-electron chi connectivity index (χ1n) is 12.8. The van der Waals surface area contributed by atoms with Gasteiger partial charge in [0.2, 0.25) is 11.8 Å². The lowest BCUT2D eigenvalue weighted by atomic mass is 9.73. The third-order valence-corrected chi connectivity index (χ3v) is 8.98. The van der Waals surface area contributed by atoms with E-state index >= 15 is 0 Å². The molecule has 3 aromatic carbocycles. The van der Waals surface area contributed by atoms with Crippen LogP contribution in [0.1, 0.15) is 34.7 Å². The van der Waals surface area contributed by atoms with Crippen LogP contribution in [0.5, 0.6) is 0 Å². The molecule has 198 valence electrons. The Labute approximate surface area is 235 Å². The van der Waals surface area contributed by atoms with Gasteiger partial charge in [0.05, 0.1) is 38.8 Å². The van der Waals surface area contributed by atoms with Gasteiger partial charge in [0.1, 0.15) is 0 Å². The number of esters is 1. The van der Waals surface area contributed by atoms with Crippen molar-refractivity contribution in [3.05, 3.63) is 94.0 Å². The maximum atomic E-state index is 13.5. The summed E-state index contributed by atoms with van der Waals surface area (Å²) in [6, 6.07) is 21.1. The van der Waals surface area contributed by atoms with E-state index in [2.05, 4.69) is 17.4 Å². The zero-order valence-corrected chi connectivity index (χ0v) is 22.2. The topological polar surface area (TPSA) is 92.8 Å². The minimum Gasteiger partial charge on any atom is -0.452 e. The van der Waals surface area contributed by atoms with E-state index < -0.39 is 18.5 Å². The molecule has 2 aliphatic carbocycles. The summed E-state index contributed by atoms with van der Waals surface area (Å²) in [7, 11) is 0. The van der Waals surface area contributed by atoms with Crippen molar-refractivity contribution >= 4 is 58.3 Å². The average molecular weight is 563 g/mol. The Kier molecular flexibility index (Phi) is 6.65. The van der Waals surface area contributed by atoms with Crippen LogP contribution >= 0.6 is 23.2 Å². The van der Waals surface area contributed by atoms with Crippen molar-refractivity contribution in [2.24, 2.45) is 23.7 Å². The van der Waals surface area contributed by atoms with Crippen molar-refractivity contribution in [2.45, 2.75) is 18.8 Å². The van der Waals surface area contributed by atoms with E-state index in [1.54, 1.807) is 30.3 Å². The fourth-order valence-electron chi connectivity index (χ4n) is 6.55. The molecule has 1 aliphatic heterocycles. The van der Waals surface area contributed by atoms with Crippen molar-refractivity contribution in [3.8, 4) is 0 Å². The molecule has 3 amide bonds. The molecule has 0 radical (unpaired) electrons. The van der Waals surface area contributed by atoms with Gasteiger partial charge < -0.3 is 10.1 Å². The van der Waals surface area contributed by atoms with Crippen LogP contribution in [0.15, 0.2) is 72.8 Å². The molecule has 0 spiro atoms. The number of nitrogens with one attached hydrogen (secondary N) is 1. The first-order chi connectivity index (χ1) is 18.8. The first-order valence-corrected chi connectivity index (χ1v) is 13.5. The summed E-state index contributed by atoms with van der Waals surface area (Å²) in [6.45, 7) is -0.527. The van der Waals surface area contributed by atoms with E-state index in [0.717, 1.165) is 12.8 Å². The second-order valence-electron chi connectivity index (χ2n) is 10.2. The van der Waals surface area contributed by atoms with Gasteiger partial charge in [0.15, 0.2) is 6.61 Å². The molecule has 3 fully saturated rings. The summed E-state index contributed by atoms with van der Waals surface area (Å²) in [6.07, 6.45) is 1.83. The Morgan fingerprint density at radius 3 is 2.33 bits per heavy atom. The minimum atomic E-state index is -0.714. The molecule has 1 N–H and O–H groups in total. The molecule has 0 aromatic heterocycles. The van der Waals surface area contributed by atoms with Gasteiger partial charge in [0.25, 0.3) is 5.91 Å². The maximum absolute atomic E-state index is 13.5. The van der Waals surface area contributed by atoms with Gasteiger partial charge in [-0.05, 0) is 72.6 Å². The van der Waals surface area contributed by atoms with Crippen LogP contribution in [0.4, 0.5) is 11.4 Å². The zero-order chi connectivity index (χ0) is 27.3. The lowest BCUT2D eigenvalue weighted by Crippen LogP contribution is -2.33. The fraction of sp³-hybridized carbons (Fsp3) is 0.267. The summed E-state index contributed by atoms with van der Waals surface area (Å²) < 4.78 is 5.12. The first kappa shape index (κ1) is 25.6. The van der Waals surface area contributed by atoms with Crippen molar-refractivity contribution in [2.75, 3.05) is 16.8 Å². The molecular formula is C30H24Cl2N2O5. The number of nitrogens with zero attached hydrogens (tertiary/aromatic N) is 1. The summed E-state index contributed by atoms with van der Waals surface area (Å²) in [5.74, 6) is -1.55. The summed E-state index contributed by atoms with van der Waals surface area (Å²) in [4.78, 5) is 52.9. The van der Waals surface area contributed by atoms with E-state index in [4.69, 9.17) is 27.9 Å². The number of fused-ring (bicyclic) bond motifs is 5. The van der Waals surface area contributed by atoms with Crippen molar-refractivity contribution < 1.29 is 23.9 Å². The van der Waals surface area contributed by atoms with E-state index in [-0.39, 0.29) is 51.1 Å². The van der Waals surface area contributed by atoms with Crippen LogP contribution in [0.3, 0.4) is 0 Å². The van der Waals surface area contributed by atoms with Gasteiger partial charge in [-0.3, -0.25) is 19.3 Å². The molecule has 3 aromatic rings. The van der Waals surface area contributed by atoms with E-state index in [0.29, 0.717) is 17.3 Å². The predicted molar refractivity (Wildman–Crippen MR) is 147 cm³/mol. The number of hydrogen-bond acceptors (Lipinski definition) is 5. The molecule has 2 saturated carbocycles. The van der Waals surface area contributed by atoms with Crippen LogP contribution in [0, 0.1) is 23.7 Å². The highest BCUT2D eigenvalue weighted by Gasteiger charge is 2.64. The lowest BCUT2D eigenvalue weighted by Gasteiger charge is -2.28. The number of carbonyl (C=O) groups is 4. The van der Waals surface area contributed by atoms with Gasteiger partial charge in [0, 0.05) is 0 Å². The quantitative estimate of drug-likeness (QED) is 0.306. The number of benzene rings is 3. The van der Waals surface area contributed by atoms with Crippen LogP contribution in [0.2, 0.25) is 10.0 Å². The second-order valence-corrected chi connectivity index (χ2v) is 11.0. The van der Waals surface area contributed by atoms with Crippen molar-refractivity contribution in [1.82, 2.24) is 0 Å². The van der Waals surface area contributed by atoms with Gasteiger partial charge in [-0.15, -0.1) is 0 Å². The SMILES string of the molecule is O=C(COC(=O)c1ccc(N2C(=O)[C@@H]3[C@@H]4C[C@@H]([C@@H]3C2=O)[C@H](c2ccccc2)C4)cc1)Nc1cccc(Cl)c1Cl. The third kappa shape index (κ3) is 4.49. The van der Waals surface area contributed by atoms with Gasteiger partial charge >= 0.3 is 5.97 Å². The fourth-order valence-corrected chi connectivity index (χ4v) is 6.89. The number of amides is 3. The van der Waals surface area contributed by atoms with E-state index in [1.807, 2.05) is 18.2 Å². The van der Waals surface area contributed by atoms with Crippen LogP contribution in [0.25, 0.3) is 0 Å². The Hall–Kier alpha value is -3.68. The zero-order valence-electron chi connectivity index (χ0n) is 20.7. The van der Waals surface area contributed by atoms with Gasteiger partial charge in [-0.25, -0.2) is 4.79 Å². The maximum Gasteiger partial charge on any atom is 0.338 e. The summed E-state index contributed by atoms with van der Waals surface area (Å²) in [5, 5.41) is 3.02. The number of imide groups is 1. The van der Waals surface area contributed by atoms with Crippen LogP contribution in [-0.4, -0.2) is 30.3 Å². The standard InChI is InChI=1S/C30H24Cl2N2O5/c31-22-7-4-8-23(27(22)32)33-24(35)15-39-30(38)17-9-11-19(12-10-17)34-28(36)25-18-13-20(16-5-2-1-3-6-16)21(14-18)26(25)29(34)37/h1-12,18,20-21,25-26H,13-15H2,(H,33,35)/t18-,20-,21+,25+,26-/m0/s1. The Morgan fingerprint density at radius 1 is 0.872 bits per heavy atom. The molecule has 9 heteroatoms. The van der Waals surface area contributed by atoms with Crippen LogP contribution < -0.4 is 10.2 Å². The highest BCUT2D eigenvalue weighted by molar-refractivity contribution is 6.44. The molecule has 6 rings (SSSR count). The molecule has 7 nitrogen and oxygen atoms in total. The van der Waals surface area contributed by atoms with Gasteiger partial charge in [-0.2, -0.15) is 0 Å². The van der Waals surface area contributed by atoms with Crippen molar-refractivity contribution in [3.63, 3.8) is 0 Å². The lowest BCUT2D eigenvalue weighted by molar-refractivity contribution is -0.123. The summed E-state index contributed by atoms with van der Waals surface area (Å²) >= 11 is 12.0. The average Bonchev–Trinajstić information content (AvgIpc) is 3.62. The normalized spacial score (nSPS) is 25.1. The number of anilines is 2. The van der Waals surface area contributed by atoms with E-state index in [9.17, 15) is 19.2 Å². The molecule has 1 heterocycles. The Bertz CT molecular complexity index is 1480. The number of rotatable bonds is 6. The monoisotopic (exact) mass is 562 g/mol. The predicted octanol–water partition coefficient (Wildman–Crippen LogP) is 5.72. The number of carbonyl (C=O) groups excluding carboxylic acids is 4. The Morgan fingerprint density at radius 2 is 1.59 bits per heavy atom. The minimum absolute atomic E-state index is 0.157. The number of ether oxygens (including phenoxy) is 1. The Balaban J connectivity index is 1.10. The molecule has 0 unspecified atom stereocenters. The molecule has 2 bridgehead atoms. The second kappa shape index (κ2) is 10.1. The number of halogens is 2. The van der Waals surface area contributed by atoms with E-state index in [1.165, 1.54) is 22.6 Å². The molecule has 39 heavy (non-hydrogen) atoms.